The molecule has 0 N–H and O–H groups in total. The number of imidazole rings is 1. The van der Waals surface area contributed by atoms with E-state index in [0.29, 0.717) is 48.9 Å². The van der Waals surface area contributed by atoms with Crippen molar-refractivity contribution in [2.75, 3.05) is 31.1 Å². The van der Waals surface area contributed by atoms with Crippen LogP contribution in [-0.4, -0.2) is 58.2 Å². The minimum atomic E-state index is -3.89. The number of nitrogens with zero attached hydrogens (tertiary/aromatic N) is 6. The van der Waals surface area contributed by atoms with Gasteiger partial charge in [-0.2, -0.15) is 9.29 Å². The highest BCUT2D eigenvalue weighted by molar-refractivity contribution is 7.89. The maximum Gasteiger partial charge on any atom is 0.273 e. The van der Waals surface area contributed by atoms with Gasteiger partial charge in [0, 0.05) is 55.8 Å². The van der Waals surface area contributed by atoms with Crippen LogP contribution in [0.25, 0.3) is 17.0 Å². The number of hydrogen-bond acceptors (Lipinski definition) is 7. The van der Waals surface area contributed by atoms with Crippen LogP contribution in [0, 0.1) is 22.9 Å². The zero-order valence-corrected chi connectivity index (χ0v) is 20.2. The summed E-state index contributed by atoms with van der Waals surface area (Å²) in [6.07, 6.45) is 4.22. The molecule has 0 amide bonds. The zero-order chi connectivity index (χ0) is 25.4. The summed E-state index contributed by atoms with van der Waals surface area (Å²) in [6, 6.07) is 11.9. The largest absolute Gasteiger partial charge is 0.355 e. The summed E-state index contributed by atoms with van der Waals surface area (Å²) in [5, 5.41) is 11.3. The van der Waals surface area contributed by atoms with E-state index in [1.165, 1.54) is 28.6 Å². The third-order valence-electron chi connectivity index (χ3n) is 6.25. The minimum absolute atomic E-state index is 0.0847. The maximum atomic E-state index is 13.3. The van der Waals surface area contributed by atoms with E-state index in [9.17, 15) is 22.9 Å². The molecule has 3 heterocycles. The number of nitro groups is 1. The Morgan fingerprint density at radius 1 is 1.00 bits per heavy atom. The molecule has 1 aliphatic rings. The molecule has 0 saturated carbocycles. The van der Waals surface area contributed by atoms with E-state index in [2.05, 4.69) is 9.97 Å². The second-order valence-corrected chi connectivity index (χ2v) is 10.5. The molecule has 186 valence electrons. The predicted octanol–water partition coefficient (Wildman–Crippen LogP) is 3.65. The van der Waals surface area contributed by atoms with Crippen LogP contribution in [0.3, 0.4) is 0 Å². The quantitative estimate of drug-likeness (QED) is 0.297. The van der Waals surface area contributed by atoms with Crippen LogP contribution in [-0.2, 0) is 10.0 Å². The number of aryl methyl sites for hydroxylation is 1. The highest BCUT2D eigenvalue weighted by atomic mass is 32.2. The number of sulfonamides is 1. The first kappa shape index (κ1) is 23.8. The predicted molar refractivity (Wildman–Crippen MR) is 132 cm³/mol. The van der Waals surface area contributed by atoms with Gasteiger partial charge in [0.25, 0.3) is 5.69 Å². The van der Waals surface area contributed by atoms with Crippen molar-refractivity contribution in [1.82, 2.24) is 18.7 Å². The molecule has 0 aliphatic carbocycles. The average Bonchev–Trinajstić information content (AvgIpc) is 3.11. The van der Waals surface area contributed by atoms with Crippen LogP contribution in [0.15, 0.2) is 65.8 Å². The molecule has 0 atom stereocenters. The highest BCUT2D eigenvalue weighted by Gasteiger charge is 2.29. The van der Waals surface area contributed by atoms with Gasteiger partial charge in [0.05, 0.1) is 15.5 Å². The molecule has 0 spiro atoms. The fourth-order valence-electron chi connectivity index (χ4n) is 4.26. The van der Waals surface area contributed by atoms with Crippen molar-refractivity contribution in [3.8, 4) is 11.3 Å². The summed E-state index contributed by atoms with van der Waals surface area (Å²) in [6.45, 7) is 3.08. The van der Waals surface area contributed by atoms with E-state index >= 15 is 0 Å². The van der Waals surface area contributed by atoms with Gasteiger partial charge in [-0.25, -0.2) is 17.8 Å². The van der Waals surface area contributed by atoms with Gasteiger partial charge >= 0.3 is 0 Å². The molecule has 4 aromatic rings. The van der Waals surface area contributed by atoms with E-state index < -0.39 is 14.9 Å². The fourth-order valence-corrected chi connectivity index (χ4v) is 5.75. The molecule has 1 saturated heterocycles. The summed E-state index contributed by atoms with van der Waals surface area (Å²) >= 11 is 0. The average molecular weight is 511 g/mol. The van der Waals surface area contributed by atoms with Gasteiger partial charge < -0.3 is 4.90 Å². The van der Waals surface area contributed by atoms with E-state index in [-0.39, 0.29) is 22.9 Å². The van der Waals surface area contributed by atoms with Crippen molar-refractivity contribution in [2.24, 2.45) is 0 Å². The van der Waals surface area contributed by atoms with Gasteiger partial charge in [0.2, 0.25) is 15.8 Å². The standard InChI is InChI=1S/C24H23FN6O4S/c1-17-3-8-20(15-22(17)31(32)33)36(34,35)30-11-2-10-28(13-14-30)23-9-12-29-16-21(26-24(29)27-23)18-4-6-19(25)7-5-18/h3-9,12,15-16H,2,10-11,13-14H2,1H3. The van der Waals surface area contributed by atoms with E-state index in [1.807, 2.05) is 23.4 Å². The summed E-state index contributed by atoms with van der Waals surface area (Å²) < 4.78 is 42.9. The number of aromatic nitrogens is 3. The number of benzene rings is 2. The fraction of sp³-hybridized carbons (Fsp3) is 0.250. The van der Waals surface area contributed by atoms with Gasteiger partial charge in [0.15, 0.2) is 0 Å². The number of nitro benzene ring substituents is 1. The molecule has 10 nitrogen and oxygen atoms in total. The Balaban J connectivity index is 1.35. The molecule has 0 radical (unpaired) electrons. The van der Waals surface area contributed by atoms with Crippen molar-refractivity contribution in [3.63, 3.8) is 0 Å². The zero-order valence-electron chi connectivity index (χ0n) is 19.4. The number of fused-ring (bicyclic) bond motifs is 1. The first-order valence-electron chi connectivity index (χ1n) is 11.3. The van der Waals surface area contributed by atoms with Crippen molar-refractivity contribution in [1.29, 1.82) is 0 Å². The second kappa shape index (κ2) is 9.28. The molecule has 2 aromatic carbocycles. The van der Waals surface area contributed by atoms with Gasteiger partial charge in [-0.3, -0.25) is 14.5 Å². The SMILES string of the molecule is Cc1ccc(S(=O)(=O)N2CCCN(c3ccn4cc(-c5ccc(F)cc5)nc4n3)CC2)cc1[N+](=O)[O-]. The van der Waals surface area contributed by atoms with Gasteiger partial charge in [-0.1, -0.05) is 6.07 Å². The Labute approximate surface area is 206 Å². The van der Waals surface area contributed by atoms with Gasteiger partial charge in [-0.05, 0) is 49.7 Å². The lowest BCUT2D eigenvalue weighted by Gasteiger charge is -2.22. The molecular formula is C24H23FN6O4S. The lowest BCUT2D eigenvalue weighted by Crippen LogP contribution is -2.35. The molecular weight excluding hydrogens is 487 g/mol. The topological polar surface area (TPSA) is 114 Å². The van der Waals surface area contributed by atoms with Gasteiger partial charge in [-0.15, -0.1) is 0 Å². The Morgan fingerprint density at radius 3 is 2.53 bits per heavy atom. The molecule has 36 heavy (non-hydrogen) atoms. The Hall–Kier alpha value is -3.90. The third kappa shape index (κ3) is 4.52. The first-order valence-corrected chi connectivity index (χ1v) is 12.8. The number of halogens is 1. The van der Waals surface area contributed by atoms with Crippen molar-refractivity contribution in [2.45, 2.75) is 18.2 Å². The molecule has 5 rings (SSSR count). The summed E-state index contributed by atoms with van der Waals surface area (Å²) in [5.74, 6) is 0.831. The van der Waals surface area contributed by atoms with Crippen LogP contribution in [0.1, 0.15) is 12.0 Å². The van der Waals surface area contributed by atoms with Crippen LogP contribution in [0.4, 0.5) is 15.9 Å². The van der Waals surface area contributed by atoms with Crippen LogP contribution in [0.2, 0.25) is 0 Å². The molecule has 0 unspecified atom stereocenters. The summed E-state index contributed by atoms with van der Waals surface area (Å²) in [4.78, 5) is 21.8. The first-order chi connectivity index (χ1) is 17.2. The van der Waals surface area contributed by atoms with E-state index in [0.717, 1.165) is 11.6 Å². The minimum Gasteiger partial charge on any atom is -0.355 e. The lowest BCUT2D eigenvalue weighted by atomic mass is 10.2. The maximum absolute atomic E-state index is 13.3. The Morgan fingerprint density at radius 2 is 1.78 bits per heavy atom. The summed E-state index contributed by atoms with van der Waals surface area (Å²) in [5.41, 5.74) is 1.63. The Kier molecular flexibility index (Phi) is 6.14. The van der Waals surface area contributed by atoms with Crippen molar-refractivity contribution < 1.29 is 17.7 Å². The van der Waals surface area contributed by atoms with Crippen molar-refractivity contribution in [3.05, 3.63) is 82.4 Å². The monoisotopic (exact) mass is 510 g/mol. The van der Waals surface area contributed by atoms with Crippen LogP contribution < -0.4 is 4.90 Å². The number of hydrogen-bond donors (Lipinski definition) is 0. The van der Waals surface area contributed by atoms with E-state index in [1.54, 1.807) is 23.5 Å². The Bertz CT molecular complexity index is 1550. The number of anilines is 1. The van der Waals surface area contributed by atoms with Crippen LogP contribution >= 0.6 is 0 Å². The highest BCUT2D eigenvalue weighted by Crippen LogP contribution is 2.26. The molecule has 1 fully saturated rings. The molecule has 1 aliphatic heterocycles. The summed E-state index contributed by atoms with van der Waals surface area (Å²) in [7, 11) is -3.89. The molecule has 0 bridgehead atoms. The van der Waals surface area contributed by atoms with Gasteiger partial charge in [0.1, 0.15) is 11.6 Å². The second-order valence-electron chi connectivity index (χ2n) is 8.58. The molecule has 2 aromatic heterocycles. The van der Waals surface area contributed by atoms with Crippen molar-refractivity contribution >= 4 is 27.3 Å². The smallest absolute Gasteiger partial charge is 0.273 e. The normalized spacial score (nSPS) is 15.2. The van der Waals surface area contributed by atoms with Crippen LogP contribution in [0.5, 0.6) is 0 Å². The lowest BCUT2D eigenvalue weighted by molar-refractivity contribution is -0.385. The third-order valence-corrected chi connectivity index (χ3v) is 8.14. The molecule has 12 heteroatoms. The van der Waals surface area contributed by atoms with E-state index in [4.69, 9.17) is 0 Å². The number of rotatable bonds is 5.